The van der Waals surface area contributed by atoms with Gasteiger partial charge < -0.3 is 0 Å². The molecule has 0 aliphatic rings. The topological polar surface area (TPSA) is 42.1 Å². The van der Waals surface area contributed by atoms with Crippen LogP contribution in [-0.4, -0.2) is 4.98 Å². The molecule has 0 aliphatic heterocycles. The zero-order valence-corrected chi connectivity index (χ0v) is 9.65. The maximum absolute atomic E-state index is 5.98. The van der Waals surface area contributed by atoms with Crippen molar-refractivity contribution in [3.8, 4) is 0 Å². The zero-order valence-electron chi connectivity index (χ0n) is 8.89. The van der Waals surface area contributed by atoms with E-state index in [9.17, 15) is 0 Å². The summed E-state index contributed by atoms with van der Waals surface area (Å²) in [5.74, 6) is 5.98. The molecule has 3 nitrogen and oxygen atoms in total. The number of aromatic nitrogens is 1. The van der Waals surface area contributed by atoms with Crippen LogP contribution in [0.5, 0.6) is 0 Å². The largest absolute Gasteiger partial charge is 0.277 e. The number of rotatable bonds is 2. The Kier molecular flexibility index (Phi) is 3.08. The van der Waals surface area contributed by atoms with E-state index in [0.717, 1.165) is 5.69 Å². The van der Waals surface area contributed by atoms with Crippen LogP contribution in [0.2, 0.25) is 5.15 Å². The molecule has 0 radical (unpaired) electrons. The molecule has 0 fully saturated rings. The van der Waals surface area contributed by atoms with Crippen molar-refractivity contribution in [1.29, 1.82) is 0 Å². The van der Waals surface area contributed by atoms with Crippen LogP contribution in [0, 0.1) is 6.92 Å². The van der Waals surface area contributed by atoms with E-state index >= 15 is 0 Å². The average Bonchev–Trinajstić information content (AvgIpc) is 2.30. The van der Waals surface area contributed by atoms with E-state index in [1.165, 1.54) is 10.6 Å². The smallest absolute Gasteiger partial charge is 0.154 e. The van der Waals surface area contributed by atoms with E-state index in [4.69, 9.17) is 17.4 Å². The number of pyridine rings is 1. The van der Waals surface area contributed by atoms with E-state index in [2.05, 4.69) is 4.98 Å². The van der Waals surface area contributed by atoms with Crippen LogP contribution in [0.25, 0.3) is 0 Å². The van der Waals surface area contributed by atoms with Crippen molar-refractivity contribution in [2.45, 2.75) is 6.92 Å². The summed E-state index contributed by atoms with van der Waals surface area (Å²) in [5, 5.41) is 1.92. The van der Waals surface area contributed by atoms with Gasteiger partial charge in [0.25, 0.3) is 0 Å². The first-order valence-electron chi connectivity index (χ1n) is 4.90. The van der Waals surface area contributed by atoms with Crippen molar-refractivity contribution in [3.63, 3.8) is 0 Å². The quantitative estimate of drug-likeness (QED) is 0.493. The lowest BCUT2D eigenvalue weighted by atomic mass is 10.2. The molecule has 1 aromatic carbocycles. The molecule has 0 amide bonds. The summed E-state index contributed by atoms with van der Waals surface area (Å²) in [4.78, 5) is 3.99. The second kappa shape index (κ2) is 4.51. The number of hydrogen-bond acceptors (Lipinski definition) is 3. The number of halogens is 1. The molecule has 82 valence electrons. The molecule has 0 spiro atoms. The molecule has 4 heteroatoms. The van der Waals surface area contributed by atoms with E-state index in [1.807, 2.05) is 37.3 Å². The molecule has 0 aliphatic carbocycles. The summed E-state index contributed by atoms with van der Waals surface area (Å²) in [6, 6.07) is 11.5. The van der Waals surface area contributed by atoms with Crippen molar-refractivity contribution < 1.29 is 0 Å². The van der Waals surface area contributed by atoms with Crippen molar-refractivity contribution in [2.75, 3.05) is 5.01 Å². The van der Waals surface area contributed by atoms with Gasteiger partial charge in [-0.3, -0.25) is 5.01 Å². The molecule has 16 heavy (non-hydrogen) atoms. The number of nitrogens with two attached hydrogens (primary N) is 1. The molecule has 0 atom stereocenters. The van der Waals surface area contributed by atoms with Crippen LogP contribution in [0.15, 0.2) is 42.6 Å². The monoisotopic (exact) mass is 233 g/mol. The van der Waals surface area contributed by atoms with Crippen LogP contribution in [0.1, 0.15) is 5.56 Å². The molecule has 1 aromatic heterocycles. The second-order valence-electron chi connectivity index (χ2n) is 3.52. The molecular formula is C12H12ClN3. The lowest BCUT2D eigenvalue weighted by Gasteiger charge is -2.19. The van der Waals surface area contributed by atoms with Gasteiger partial charge in [0.1, 0.15) is 0 Å². The summed E-state index contributed by atoms with van der Waals surface area (Å²) in [7, 11) is 0. The van der Waals surface area contributed by atoms with E-state index in [1.54, 1.807) is 12.3 Å². The van der Waals surface area contributed by atoms with Crippen LogP contribution >= 0.6 is 11.6 Å². The fraction of sp³-hybridized carbons (Fsp3) is 0.0833. The van der Waals surface area contributed by atoms with Gasteiger partial charge in [0.2, 0.25) is 0 Å². The highest BCUT2D eigenvalue weighted by Gasteiger charge is 2.08. The van der Waals surface area contributed by atoms with Crippen molar-refractivity contribution in [3.05, 3.63) is 53.3 Å². The molecule has 0 saturated carbocycles. The lowest BCUT2D eigenvalue weighted by molar-refractivity contribution is 1.07. The van der Waals surface area contributed by atoms with Crippen LogP contribution in [0.3, 0.4) is 0 Å². The molecule has 2 N–H and O–H groups in total. The minimum Gasteiger partial charge on any atom is -0.277 e. The molecule has 0 saturated heterocycles. The van der Waals surface area contributed by atoms with Gasteiger partial charge >= 0.3 is 0 Å². The lowest BCUT2D eigenvalue weighted by Crippen LogP contribution is -2.25. The van der Waals surface area contributed by atoms with Crippen LogP contribution < -0.4 is 10.9 Å². The predicted molar refractivity (Wildman–Crippen MR) is 66.8 cm³/mol. The van der Waals surface area contributed by atoms with Crippen molar-refractivity contribution >= 4 is 23.0 Å². The number of anilines is 2. The highest BCUT2D eigenvalue weighted by molar-refractivity contribution is 6.32. The van der Waals surface area contributed by atoms with Gasteiger partial charge in [-0.2, -0.15) is 0 Å². The molecule has 0 unspecified atom stereocenters. The van der Waals surface area contributed by atoms with Gasteiger partial charge in [0.15, 0.2) is 5.15 Å². The first-order chi connectivity index (χ1) is 7.68. The summed E-state index contributed by atoms with van der Waals surface area (Å²) in [6.07, 6.45) is 1.63. The molecule has 2 aromatic rings. The Morgan fingerprint density at radius 2 is 1.88 bits per heavy atom. The SMILES string of the molecule is Cc1ccc(N(N)c2cccnc2Cl)cc1. The van der Waals surface area contributed by atoms with Gasteiger partial charge in [-0.05, 0) is 31.2 Å². The third-order valence-electron chi connectivity index (χ3n) is 2.31. The van der Waals surface area contributed by atoms with Crippen LogP contribution in [0.4, 0.5) is 11.4 Å². The number of hydrogen-bond donors (Lipinski definition) is 1. The van der Waals surface area contributed by atoms with Crippen molar-refractivity contribution in [2.24, 2.45) is 5.84 Å². The fourth-order valence-corrected chi connectivity index (χ4v) is 1.61. The highest BCUT2D eigenvalue weighted by atomic mass is 35.5. The van der Waals surface area contributed by atoms with E-state index < -0.39 is 0 Å². The standard InChI is InChI=1S/C12H12ClN3/c1-9-4-6-10(7-5-9)16(14)11-3-2-8-15-12(11)13/h2-8H,14H2,1H3. The number of hydrazine groups is 1. The maximum atomic E-state index is 5.98. The minimum absolute atomic E-state index is 0.394. The van der Waals surface area contributed by atoms with Gasteiger partial charge in [-0.25, -0.2) is 10.8 Å². The highest BCUT2D eigenvalue weighted by Crippen LogP contribution is 2.27. The summed E-state index contributed by atoms with van der Waals surface area (Å²) in [5.41, 5.74) is 2.75. The third kappa shape index (κ3) is 2.15. The number of benzene rings is 1. The first-order valence-corrected chi connectivity index (χ1v) is 5.28. The van der Waals surface area contributed by atoms with Gasteiger partial charge in [-0.15, -0.1) is 0 Å². The zero-order chi connectivity index (χ0) is 11.5. The Labute approximate surface area is 99.4 Å². The van der Waals surface area contributed by atoms with E-state index in [-0.39, 0.29) is 0 Å². The third-order valence-corrected chi connectivity index (χ3v) is 2.60. The van der Waals surface area contributed by atoms with Crippen molar-refractivity contribution in [1.82, 2.24) is 4.98 Å². The van der Waals surface area contributed by atoms with Gasteiger partial charge in [0.05, 0.1) is 11.4 Å². The van der Waals surface area contributed by atoms with E-state index in [0.29, 0.717) is 10.8 Å². The molecular weight excluding hydrogens is 222 g/mol. The fourth-order valence-electron chi connectivity index (χ4n) is 1.40. The first kappa shape index (κ1) is 10.9. The Morgan fingerprint density at radius 1 is 1.19 bits per heavy atom. The Bertz CT molecular complexity index is 482. The van der Waals surface area contributed by atoms with Gasteiger partial charge in [0, 0.05) is 6.20 Å². The second-order valence-corrected chi connectivity index (χ2v) is 3.88. The summed E-state index contributed by atoms with van der Waals surface area (Å²) < 4.78 is 0. The average molecular weight is 234 g/mol. The number of nitrogens with zero attached hydrogens (tertiary/aromatic N) is 2. The summed E-state index contributed by atoms with van der Waals surface area (Å²) >= 11 is 5.97. The molecule has 1 heterocycles. The number of aryl methyl sites for hydroxylation is 1. The molecule has 0 bridgehead atoms. The maximum Gasteiger partial charge on any atom is 0.154 e. The normalized spacial score (nSPS) is 10.2. The predicted octanol–water partition coefficient (Wildman–Crippen LogP) is 3.06. The molecule has 2 rings (SSSR count). The van der Waals surface area contributed by atoms with Gasteiger partial charge in [-0.1, -0.05) is 29.3 Å². The Hall–Kier alpha value is -1.58. The summed E-state index contributed by atoms with van der Waals surface area (Å²) in [6.45, 7) is 2.03. The van der Waals surface area contributed by atoms with Crippen LogP contribution in [-0.2, 0) is 0 Å². The Morgan fingerprint density at radius 3 is 2.50 bits per heavy atom. The minimum atomic E-state index is 0.394. The Balaban J connectivity index is 2.35.